The van der Waals surface area contributed by atoms with Crippen molar-refractivity contribution in [3.05, 3.63) is 35.9 Å². The molecule has 1 saturated carbocycles. The third-order valence-corrected chi connectivity index (χ3v) is 5.44. The largest absolute Gasteiger partial charge is 0.389 e. The minimum Gasteiger partial charge on any atom is -0.389 e. The average molecular weight is 389 g/mol. The van der Waals surface area contributed by atoms with Crippen LogP contribution in [0.5, 0.6) is 0 Å². The molecular weight excluding hydrogens is 352 g/mol. The third kappa shape index (κ3) is 7.08. The highest BCUT2D eigenvalue weighted by molar-refractivity contribution is 5.80. The van der Waals surface area contributed by atoms with Crippen LogP contribution in [0.1, 0.15) is 38.7 Å². The number of aliphatic hydroxyl groups excluding tert-OH is 1. The van der Waals surface area contributed by atoms with E-state index in [2.05, 4.69) is 64.7 Å². The molecule has 1 aliphatic heterocycles. The molecule has 6 nitrogen and oxygen atoms in total. The van der Waals surface area contributed by atoms with Gasteiger partial charge in [0.15, 0.2) is 5.96 Å². The quantitative estimate of drug-likeness (QED) is 0.422. The molecule has 0 radical (unpaired) electrons. The van der Waals surface area contributed by atoms with Gasteiger partial charge in [-0.05, 0) is 44.6 Å². The second-order valence-corrected chi connectivity index (χ2v) is 8.20. The Labute approximate surface area is 169 Å². The van der Waals surface area contributed by atoms with E-state index in [9.17, 15) is 5.11 Å². The van der Waals surface area contributed by atoms with Crippen molar-refractivity contribution in [2.24, 2.45) is 10.9 Å². The Hall–Kier alpha value is -1.63. The van der Waals surface area contributed by atoms with Crippen molar-refractivity contribution < 1.29 is 9.84 Å². The summed E-state index contributed by atoms with van der Waals surface area (Å²) in [5, 5.41) is 17.0. The van der Waals surface area contributed by atoms with Crippen LogP contribution in [-0.2, 0) is 11.3 Å². The summed E-state index contributed by atoms with van der Waals surface area (Å²) in [5.74, 6) is 1.50. The predicted molar refractivity (Wildman–Crippen MR) is 113 cm³/mol. The number of aliphatic hydroxyl groups is 1. The van der Waals surface area contributed by atoms with Crippen LogP contribution in [0.4, 0.5) is 0 Å². The van der Waals surface area contributed by atoms with Gasteiger partial charge in [-0.25, -0.2) is 0 Å². The van der Waals surface area contributed by atoms with Crippen molar-refractivity contribution in [3.8, 4) is 0 Å². The van der Waals surface area contributed by atoms with E-state index in [0.717, 1.165) is 44.5 Å². The molecule has 28 heavy (non-hydrogen) atoms. The highest BCUT2D eigenvalue weighted by atomic mass is 16.5. The van der Waals surface area contributed by atoms with E-state index in [0.29, 0.717) is 25.2 Å². The normalized spacial score (nSPS) is 24.3. The number of nitrogens with one attached hydrogen (secondary N) is 2. The van der Waals surface area contributed by atoms with E-state index in [4.69, 9.17) is 4.74 Å². The van der Waals surface area contributed by atoms with Gasteiger partial charge in [0.05, 0.1) is 19.3 Å². The van der Waals surface area contributed by atoms with Crippen molar-refractivity contribution in [1.82, 2.24) is 15.5 Å². The Morgan fingerprint density at radius 3 is 2.82 bits per heavy atom. The van der Waals surface area contributed by atoms with Crippen LogP contribution in [0.25, 0.3) is 0 Å². The first kappa shape index (κ1) is 21.1. The average Bonchev–Trinajstić information content (AvgIpc) is 3.44. The van der Waals surface area contributed by atoms with Crippen LogP contribution in [0.3, 0.4) is 0 Å². The van der Waals surface area contributed by atoms with Crippen LogP contribution < -0.4 is 10.6 Å². The zero-order chi connectivity index (χ0) is 19.8. The number of rotatable bonds is 10. The Balaban J connectivity index is 1.44. The molecule has 2 fully saturated rings. The van der Waals surface area contributed by atoms with E-state index in [-0.39, 0.29) is 0 Å². The number of aliphatic imine (C=N–C) groups is 1. The van der Waals surface area contributed by atoms with Gasteiger partial charge in [-0.2, -0.15) is 0 Å². The summed E-state index contributed by atoms with van der Waals surface area (Å²) in [5.41, 5.74) is 1.35. The Morgan fingerprint density at radius 1 is 1.32 bits per heavy atom. The number of hydrogen-bond acceptors (Lipinski definition) is 4. The molecule has 0 spiro atoms. The first-order valence-corrected chi connectivity index (χ1v) is 10.7. The maximum absolute atomic E-state index is 10.1. The lowest BCUT2D eigenvalue weighted by Crippen LogP contribution is -2.45. The molecule has 2 aliphatic rings. The van der Waals surface area contributed by atoms with Gasteiger partial charge in [-0.15, -0.1) is 0 Å². The monoisotopic (exact) mass is 388 g/mol. The first-order valence-electron chi connectivity index (χ1n) is 10.7. The summed E-state index contributed by atoms with van der Waals surface area (Å²) in [6.07, 6.45) is 3.07. The summed E-state index contributed by atoms with van der Waals surface area (Å²) < 4.78 is 5.56. The molecule has 6 heteroatoms. The number of hydrogen-bond donors (Lipinski definition) is 3. The number of ether oxygens (including phenoxy) is 1. The van der Waals surface area contributed by atoms with Crippen molar-refractivity contribution in [3.63, 3.8) is 0 Å². The number of benzene rings is 1. The Bertz CT molecular complexity index is 606. The zero-order valence-corrected chi connectivity index (χ0v) is 17.3. The fourth-order valence-electron chi connectivity index (χ4n) is 3.66. The third-order valence-electron chi connectivity index (χ3n) is 5.44. The van der Waals surface area contributed by atoms with Crippen molar-refractivity contribution in [2.75, 3.05) is 32.8 Å². The molecular formula is C22H36N4O2. The van der Waals surface area contributed by atoms with E-state index in [1.807, 2.05) is 0 Å². The second kappa shape index (κ2) is 10.8. The summed E-state index contributed by atoms with van der Waals surface area (Å²) in [4.78, 5) is 7.08. The summed E-state index contributed by atoms with van der Waals surface area (Å²) in [6, 6.07) is 11.5. The molecule has 3 unspecified atom stereocenters. The summed E-state index contributed by atoms with van der Waals surface area (Å²) in [6.45, 7) is 8.62. The van der Waals surface area contributed by atoms with Crippen molar-refractivity contribution in [1.29, 1.82) is 0 Å². The van der Waals surface area contributed by atoms with E-state index in [1.165, 1.54) is 18.4 Å². The smallest absolute Gasteiger partial charge is 0.191 e. The van der Waals surface area contributed by atoms with Gasteiger partial charge >= 0.3 is 0 Å². The van der Waals surface area contributed by atoms with Crippen molar-refractivity contribution >= 4 is 5.96 Å². The molecule has 1 aromatic rings. The highest BCUT2D eigenvalue weighted by Gasteiger charge is 2.29. The van der Waals surface area contributed by atoms with Gasteiger partial charge in [0.1, 0.15) is 0 Å². The first-order chi connectivity index (χ1) is 13.6. The van der Waals surface area contributed by atoms with Crippen LogP contribution in [0, 0.1) is 5.92 Å². The predicted octanol–water partition coefficient (Wildman–Crippen LogP) is 1.99. The summed E-state index contributed by atoms with van der Waals surface area (Å²) in [7, 11) is 0. The fourth-order valence-corrected chi connectivity index (χ4v) is 3.66. The molecule has 0 amide bonds. The zero-order valence-electron chi connectivity index (χ0n) is 17.3. The molecule has 156 valence electrons. The van der Waals surface area contributed by atoms with Crippen LogP contribution in [0.15, 0.2) is 35.3 Å². The molecule has 3 N–H and O–H groups in total. The maximum atomic E-state index is 10.1. The molecule has 1 aromatic carbocycles. The SMILES string of the molecule is CCNC(=NCC(O)COCC1CC1)NC1CC(C)N(Cc2ccccc2)C1. The highest BCUT2D eigenvalue weighted by Crippen LogP contribution is 2.28. The van der Waals surface area contributed by atoms with Crippen molar-refractivity contribution in [2.45, 2.75) is 57.8 Å². The fraction of sp³-hybridized carbons (Fsp3) is 0.682. The molecule has 1 aliphatic carbocycles. The summed E-state index contributed by atoms with van der Waals surface area (Å²) >= 11 is 0. The number of nitrogens with zero attached hydrogens (tertiary/aromatic N) is 2. The van der Waals surface area contributed by atoms with Gasteiger partial charge in [0, 0.05) is 38.3 Å². The Kier molecular flexibility index (Phi) is 8.13. The van der Waals surface area contributed by atoms with Crippen LogP contribution in [-0.4, -0.2) is 67.0 Å². The lowest BCUT2D eigenvalue weighted by atomic mass is 10.2. The molecule has 1 saturated heterocycles. The molecule has 0 aromatic heterocycles. The lowest BCUT2D eigenvalue weighted by Gasteiger charge is -2.21. The molecule has 0 bridgehead atoms. The van der Waals surface area contributed by atoms with E-state index < -0.39 is 6.10 Å². The number of guanidine groups is 1. The second-order valence-electron chi connectivity index (χ2n) is 8.20. The topological polar surface area (TPSA) is 69.1 Å². The minimum absolute atomic E-state index is 0.357. The maximum Gasteiger partial charge on any atom is 0.191 e. The van der Waals surface area contributed by atoms with Gasteiger partial charge in [0.2, 0.25) is 0 Å². The van der Waals surface area contributed by atoms with E-state index in [1.54, 1.807) is 0 Å². The van der Waals surface area contributed by atoms with Crippen LogP contribution >= 0.6 is 0 Å². The van der Waals surface area contributed by atoms with Gasteiger partial charge in [0.25, 0.3) is 0 Å². The van der Waals surface area contributed by atoms with E-state index >= 15 is 0 Å². The van der Waals surface area contributed by atoms with Crippen LogP contribution in [0.2, 0.25) is 0 Å². The van der Waals surface area contributed by atoms with Gasteiger partial charge < -0.3 is 20.5 Å². The lowest BCUT2D eigenvalue weighted by molar-refractivity contribution is 0.0368. The van der Waals surface area contributed by atoms with Gasteiger partial charge in [-0.1, -0.05) is 30.3 Å². The molecule has 1 heterocycles. The van der Waals surface area contributed by atoms with Gasteiger partial charge in [-0.3, -0.25) is 9.89 Å². The molecule has 3 atom stereocenters. The minimum atomic E-state index is -0.550. The Morgan fingerprint density at radius 2 is 2.11 bits per heavy atom. The standard InChI is InChI=1S/C22H36N4O2/c1-3-23-22(24-12-21(27)16-28-15-19-9-10-19)25-20-11-17(2)26(14-20)13-18-7-5-4-6-8-18/h4-8,17,19-21,27H,3,9-16H2,1-2H3,(H2,23,24,25). The number of likely N-dealkylation sites (tertiary alicyclic amines) is 1. The molecule has 3 rings (SSSR count).